The summed E-state index contributed by atoms with van der Waals surface area (Å²) in [6.45, 7) is 9.86. The number of carboxylic acid groups (broad SMARTS) is 1. The van der Waals surface area contributed by atoms with Crippen LogP contribution in [0.3, 0.4) is 0 Å². The molecule has 5 atom stereocenters. The van der Waals surface area contributed by atoms with Crippen molar-refractivity contribution in [1.82, 2.24) is 9.21 Å². The molecule has 0 unspecified atom stereocenters. The molecule has 224 valence electrons. The third kappa shape index (κ3) is 6.76. The largest absolute Gasteiger partial charge is 0.481 e. The zero-order chi connectivity index (χ0) is 30.3. The van der Waals surface area contributed by atoms with Crippen molar-refractivity contribution in [3.05, 3.63) is 69.7 Å². The number of carbonyl (C=O) groups is 2. The van der Waals surface area contributed by atoms with Crippen LogP contribution in [0, 0.1) is 10.8 Å². The number of sulfonamides is 1. The maximum absolute atomic E-state index is 14.6. The number of halogens is 2. The minimum Gasteiger partial charge on any atom is -0.481 e. The quantitative estimate of drug-likeness (QED) is 0.351. The predicted molar refractivity (Wildman–Crippen MR) is 163 cm³/mol. The normalized spacial score (nSPS) is 26.8. The lowest BCUT2D eigenvalue weighted by molar-refractivity contribution is -0.162. The highest BCUT2D eigenvalue weighted by atomic mass is 35.5. The van der Waals surface area contributed by atoms with Crippen molar-refractivity contribution in [2.75, 3.05) is 12.3 Å². The molecule has 2 aromatic rings. The molecule has 0 aromatic heterocycles. The lowest BCUT2D eigenvalue weighted by Gasteiger charge is -2.54. The third-order valence-corrected chi connectivity index (χ3v) is 11.2. The van der Waals surface area contributed by atoms with Crippen molar-refractivity contribution in [2.45, 2.75) is 84.3 Å². The van der Waals surface area contributed by atoms with Crippen LogP contribution in [0.1, 0.15) is 83.4 Å². The topological polar surface area (TPSA) is 95.0 Å². The molecule has 1 amide bonds. The molecule has 10 heteroatoms. The van der Waals surface area contributed by atoms with Crippen LogP contribution in [0.4, 0.5) is 0 Å². The van der Waals surface area contributed by atoms with E-state index in [4.69, 9.17) is 23.2 Å². The van der Waals surface area contributed by atoms with E-state index in [2.05, 4.69) is 0 Å². The van der Waals surface area contributed by atoms with Crippen LogP contribution in [-0.4, -0.2) is 59.0 Å². The van der Waals surface area contributed by atoms with Gasteiger partial charge < -0.3 is 10.0 Å². The lowest BCUT2D eigenvalue weighted by atomic mass is 9.66. The molecule has 7 nitrogen and oxygen atoms in total. The van der Waals surface area contributed by atoms with Crippen LogP contribution in [0.2, 0.25) is 10.0 Å². The minimum absolute atomic E-state index is 0.110. The third-order valence-electron chi connectivity index (χ3n) is 8.69. The SMILES string of the molecule is C[C@H]1CCCN1S(=O)(=O)C[C@@H](N1C(=O)[C@@](C)(CC(=O)O)C[C@H](c2cccc(Cl)c2)[C@H]1c1ccc(Cl)cc1)C(C)(C)C. The number of nitrogens with zero attached hydrogens (tertiary/aromatic N) is 2. The highest BCUT2D eigenvalue weighted by molar-refractivity contribution is 7.89. The van der Waals surface area contributed by atoms with E-state index in [1.807, 2.05) is 58.0 Å². The van der Waals surface area contributed by atoms with Crippen LogP contribution in [0.25, 0.3) is 0 Å². The molecule has 2 saturated heterocycles. The van der Waals surface area contributed by atoms with E-state index < -0.39 is 38.9 Å². The zero-order valence-corrected chi connectivity index (χ0v) is 26.6. The molecule has 2 fully saturated rings. The van der Waals surface area contributed by atoms with Crippen molar-refractivity contribution in [3.8, 4) is 0 Å². The van der Waals surface area contributed by atoms with Gasteiger partial charge in [-0.1, -0.05) is 75.2 Å². The molecule has 4 rings (SSSR count). The van der Waals surface area contributed by atoms with Crippen molar-refractivity contribution in [1.29, 1.82) is 0 Å². The predicted octanol–water partition coefficient (Wildman–Crippen LogP) is 6.76. The van der Waals surface area contributed by atoms with E-state index in [-0.39, 0.29) is 36.5 Å². The second-order valence-electron chi connectivity index (χ2n) is 13.0. The first kappa shape index (κ1) is 31.8. The number of benzene rings is 2. The Morgan fingerprint density at radius 1 is 1.10 bits per heavy atom. The minimum atomic E-state index is -3.74. The molecule has 0 saturated carbocycles. The molecule has 1 N–H and O–H groups in total. The highest BCUT2D eigenvalue weighted by Crippen LogP contribution is 2.53. The molecule has 0 spiro atoms. The molecule has 2 aromatic carbocycles. The monoisotopic (exact) mass is 622 g/mol. The van der Waals surface area contributed by atoms with Crippen LogP contribution in [-0.2, 0) is 19.6 Å². The molecule has 2 heterocycles. The molecule has 2 aliphatic heterocycles. The molecule has 0 aliphatic carbocycles. The van der Waals surface area contributed by atoms with Gasteiger partial charge in [0.25, 0.3) is 0 Å². The van der Waals surface area contributed by atoms with E-state index in [1.165, 1.54) is 0 Å². The van der Waals surface area contributed by atoms with Crippen molar-refractivity contribution >= 4 is 45.1 Å². The van der Waals surface area contributed by atoms with Gasteiger partial charge in [0.2, 0.25) is 15.9 Å². The number of carbonyl (C=O) groups excluding carboxylic acids is 1. The van der Waals surface area contributed by atoms with Gasteiger partial charge in [-0.3, -0.25) is 9.59 Å². The van der Waals surface area contributed by atoms with Gasteiger partial charge in [0, 0.05) is 28.5 Å². The van der Waals surface area contributed by atoms with Crippen LogP contribution in [0.15, 0.2) is 48.5 Å². The Labute approximate surface area is 253 Å². The first-order chi connectivity index (χ1) is 19.0. The summed E-state index contributed by atoms with van der Waals surface area (Å²) >= 11 is 12.7. The fraction of sp³-hybridized carbons (Fsp3) is 0.548. The van der Waals surface area contributed by atoms with Crippen molar-refractivity contribution in [3.63, 3.8) is 0 Å². The van der Waals surface area contributed by atoms with E-state index in [1.54, 1.807) is 34.3 Å². The summed E-state index contributed by atoms with van der Waals surface area (Å²) < 4.78 is 29.4. The van der Waals surface area contributed by atoms with Crippen LogP contribution < -0.4 is 0 Å². The van der Waals surface area contributed by atoms with Crippen LogP contribution >= 0.6 is 23.2 Å². The Bertz CT molecular complexity index is 1390. The maximum Gasteiger partial charge on any atom is 0.304 e. The summed E-state index contributed by atoms with van der Waals surface area (Å²) in [5.74, 6) is -2.05. The number of likely N-dealkylation sites (tertiary alicyclic amines) is 1. The molecule has 41 heavy (non-hydrogen) atoms. The van der Waals surface area contributed by atoms with Gasteiger partial charge in [-0.05, 0) is 67.0 Å². The average molecular weight is 624 g/mol. The second kappa shape index (κ2) is 11.9. The van der Waals surface area contributed by atoms with E-state index >= 15 is 0 Å². The van der Waals surface area contributed by atoms with Gasteiger partial charge in [0.05, 0.1) is 29.7 Å². The van der Waals surface area contributed by atoms with Gasteiger partial charge in [0.15, 0.2) is 0 Å². The Morgan fingerprint density at radius 3 is 2.29 bits per heavy atom. The number of amides is 1. The van der Waals surface area contributed by atoms with Gasteiger partial charge >= 0.3 is 5.97 Å². The first-order valence-electron chi connectivity index (χ1n) is 14.1. The summed E-state index contributed by atoms with van der Waals surface area (Å²) in [7, 11) is -3.74. The Hall–Kier alpha value is -2.13. The number of rotatable bonds is 8. The van der Waals surface area contributed by atoms with Crippen molar-refractivity contribution in [2.24, 2.45) is 10.8 Å². The maximum atomic E-state index is 14.6. The Kier molecular flexibility index (Phi) is 9.20. The molecule has 0 radical (unpaired) electrons. The summed E-state index contributed by atoms with van der Waals surface area (Å²) in [4.78, 5) is 28.4. The number of piperidine rings is 1. The second-order valence-corrected chi connectivity index (χ2v) is 15.8. The fourth-order valence-electron chi connectivity index (χ4n) is 6.59. The zero-order valence-electron chi connectivity index (χ0n) is 24.3. The summed E-state index contributed by atoms with van der Waals surface area (Å²) in [5.41, 5.74) is -0.270. The Morgan fingerprint density at radius 2 is 1.76 bits per heavy atom. The molecule has 2 aliphatic rings. The van der Waals surface area contributed by atoms with E-state index in [0.717, 1.165) is 24.0 Å². The highest BCUT2D eigenvalue weighted by Gasteiger charge is 2.55. The summed E-state index contributed by atoms with van der Waals surface area (Å²) in [6.07, 6.45) is 1.47. The number of carboxylic acids is 1. The van der Waals surface area contributed by atoms with E-state index in [9.17, 15) is 23.1 Å². The van der Waals surface area contributed by atoms with Gasteiger partial charge in [-0.2, -0.15) is 4.31 Å². The Balaban J connectivity index is 1.95. The molecule has 0 bridgehead atoms. The first-order valence-corrected chi connectivity index (χ1v) is 16.4. The van der Waals surface area contributed by atoms with Crippen molar-refractivity contribution < 1.29 is 23.1 Å². The number of aliphatic carboxylic acids is 1. The number of hydrogen-bond acceptors (Lipinski definition) is 4. The average Bonchev–Trinajstić information content (AvgIpc) is 3.31. The fourth-order valence-corrected chi connectivity index (χ4v) is 9.22. The summed E-state index contributed by atoms with van der Waals surface area (Å²) in [6, 6.07) is 13.2. The van der Waals surface area contributed by atoms with Gasteiger partial charge in [-0.25, -0.2) is 8.42 Å². The number of hydrogen-bond donors (Lipinski definition) is 1. The smallest absolute Gasteiger partial charge is 0.304 e. The molecular weight excluding hydrogens is 583 g/mol. The van der Waals surface area contributed by atoms with Crippen LogP contribution in [0.5, 0.6) is 0 Å². The van der Waals surface area contributed by atoms with Gasteiger partial charge in [-0.15, -0.1) is 0 Å². The lowest BCUT2D eigenvalue weighted by Crippen LogP contribution is -2.61. The van der Waals surface area contributed by atoms with Gasteiger partial charge in [0.1, 0.15) is 0 Å². The van der Waals surface area contributed by atoms with E-state index in [0.29, 0.717) is 16.6 Å². The summed E-state index contributed by atoms with van der Waals surface area (Å²) in [5, 5.41) is 11.0. The molecular formula is C31H40Cl2N2O5S. The standard InChI is InChI=1S/C31H40Cl2N2O5S/c1-20-8-7-15-34(20)41(39,40)19-26(30(2,3)4)35-28(21-11-13-23(32)14-12-21)25(22-9-6-10-24(33)16-22)17-31(5,29(35)38)18-27(36)37/h6,9-14,16,20,25-26,28H,7-8,15,17-19H2,1-5H3,(H,36,37)/t20-,25+,26+,28+,31+/m0/s1.